The average Bonchev–Trinajstić information content (AvgIpc) is 2.79. The Kier molecular flexibility index (Phi) is 3.64. The molecular weight excluding hydrogens is 241 g/mol. The van der Waals surface area contributed by atoms with Crippen LogP contribution in [-0.4, -0.2) is 9.78 Å². The van der Waals surface area contributed by atoms with Crippen molar-refractivity contribution in [3.8, 4) is 0 Å². The number of benzene rings is 1. The van der Waals surface area contributed by atoms with Crippen molar-refractivity contribution in [2.75, 3.05) is 5.32 Å². The van der Waals surface area contributed by atoms with Crippen LogP contribution in [0.2, 0.25) is 5.02 Å². The monoisotopic (exact) mass is 253 g/mol. The lowest BCUT2D eigenvalue weighted by molar-refractivity contribution is 0.626. The third-order valence-corrected chi connectivity index (χ3v) is 2.73. The predicted octanol–water partition coefficient (Wildman–Crippen LogP) is 3.31. The first-order valence-electron chi connectivity index (χ1n) is 5.40. The van der Waals surface area contributed by atoms with E-state index in [9.17, 15) is 4.39 Å². The summed E-state index contributed by atoms with van der Waals surface area (Å²) in [6.07, 6.45) is 1.89. The minimum Gasteiger partial charge on any atom is -0.365 e. The Morgan fingerprint density at radius 2 is 2.24 bits per heavy atom. The molecule has 0 unspecified atom stereocenters. The SMILES string of the molecule is CCn1ccc(NCc2ccc(Cl)c(F)c2)n1. The molecule has 17 heavy (non-hydrogen) atoms. The lowest BCUT2D eigenvalue weighted by atomic mass is 10.2. The summed E-state index contributed by atoms with van der Waals surface area (Å²) < 4.78 is 15.0. The van der Waals surface area contributed by atoms with Crippen LogP contribution in [0.4, 0.5) is 10.2 Å². The Hall–Kier alpha value is -1.55. The van der Waals surface area contributed by atoms with E-state index >= 15 is 0 Å². The Bertz CT molecular complexity index is 510. The highest BCUT2D eigenvalue weighted by molar-refractivity contribution is 6.30. The molecule has 1 heterocycles. The zero-order valence-electron chi connectivity index (χ0n) is 9.45. The van der Waals surface area contributed by atoms with E-state index in [4.69, 9.17) is 11.6 Å². The number of aryl methyl sites for hydroxylation is 1. The van der Waals surface area contributed by atoms with Gasteiger partial charge in [-0.1, -0.05) is 17.7 Å². The minimum absolute atomic E-state index is 0.143. The highest BCUT2D eigenvalue weighted by atomic mass is 35.5. The number of hydrogen-bond acceptors (Lipinski definition) is 2. The van der Waals surface area contributed by atoms with Gasteiger partial charge in [-0.05, 0) is 24.6 Å². The number of nitrogens with zero attached hydrogens (tertiary/aromatic N) is 2. The van der Waals surface area contributed by atoms with E-state index in [-0.39, 0.29) is 5.02 Å². The molecule has 0 spiro atoms. The zero-order chi connectivity index (χ0) is 12.3. The fourth-order valence-corrected chi connectivity index (χ4v) is 1.59. The molecule has 0 atom stereocenters. The molecule has 0 amide bonds. The minimum atomic E-state index is -0.398. The summed E-state index contributed by atoms with van der Waals surface area (Å²) in [5, 5.41) is 7.53. The molecule has 0 radical (unpaired) electrons. The number of aromatic nitrogens is 2. The molecule has 0 saturated carbocycles. The molecule has 90 valence electrons. The average molecular weight is 254 g/mol. The van der Waals surface area contributed by atoms with Crippen LogP contribution < -0.4 is 5.32 Å². The van der Waals surface area contributed by atoms with E-state index in [0.29, 0.717) is 6.54 Å². The molecule has 0 bridgehead atoms. The van der Waals surface area contributed by atoms with Gasteiger partial charge < -0.3 is 5.32 Å². The smallest absolute Gasteiger partial charge is 0.148 e. The molecule has 0 aliphatic heterocycles. The van der Waals surface area contributed by atoms with Crippen molar-refractivity contribution >= 4 is 17.4 Å². The van der Waals surface area contributed by atoms with Crippen LogP contribution in [0, 0.1) is 5.82 Å². The van der Waals surface area contributed by atoms with Gasteiger partial charge in [0, 0.05) is 25.4 Å². The maximum atomic E-state index is 13.2. The molecule has 3 nitrogen and oxygen atoms in total. The topological polar surface area (TPSA) is 29.9 Å². The van der Waals surface area contributed by atoms with Gasteiger partial charge in [0.05, 0.1) is 5.02 Å². The first-order valence-corrected chi connectivity index (χ1v) is 5.78. The second kappa shape index (κ2) is 5.19. The van der Waals surface area contributed by atoms with Gasteiger partial charge in [0.15, 0.2) is 0 Å². The van der Waals surface area contributed by atoms with E-state index in [0.717, 1.165) is 17.9 Å². The first-order chi connectivity index (χ1) is 8.19. The normalized spacial score (nSPS) is 10.5. The van der Waals surface area contributed by atoms with Gasteiger partial charge in [0.25, 0.3) is 0 Å². The maximum absolute atomic E-state index is 13.2. The van der Waals surface area contributed by atoms with Crippen LogP contribution in [0.5, 0.6) is 0 Å². The fourth-order valence-electron chi connectivity index (χ4n) is 1.47. The molecule has 0 saturated heterocycles. The molecule has 1 aromatic carbocycles. The maximum Gasteiger partial charge on any atom is 0.148 e. The Labute approximate surface area is 104 Å². The van der Waals surface area contributed by atoms with E-state index in [1.165, 1.54) is 6.07 Å². The molecule has 1 N–H and O–H groups in total. The van der Waals surface area contributed by atoms with Crippen LogP contribution in [-0.2, 0) is 13.1 Å². The fraction of sp³-hybridized carbons (Fsp3) is 0.250. The van der Waals surface area contributed by atoms with Crippen molar-refractivity contribution in [2.45, 2.75) is 20.0 Å². The first kappa shape index (κ1) is 11.9. The van der Waals surface area contributed by atoms with E-state index in [2.05, 4.69) is 10.4 Å². The standard InChI is InChI=1S/C12H13ClFN3/c1-2-17-6-5-12(16-17)15-8-9-3-4-10(13)11(14)7-9/h3-7H,2,8H2,1H3,(H,15,16). The molecule has 0 aliphatic rings. The van der Waals surface area contributed by atoms with Gasteiger partial charge in [0.1, 0.15) is 11.6 Å². The Balaban J connectivity index is 1.99. The summed E-state index contributed by atoms with van der Waals surface area (Å²) in [5.74, 6) is 0.382. The molecule has 1 aromatic heterocycles. The second-order valence-corrected chi connectivity index (χ2v) is 4.07. The summed E-state index contributed by atoms with van der Waals surface area (Å²) >= 11 is 5.61. The van der Waals surface area contributed by atoms with Crippen molar-refractivity contribution < 1.29 is 4.39 Å². The predicted molar refractivity (Wildman–Crippen MR) is 66.6 cm³/mol. The lowest BCUT2D eigenvalue weighted by Gasteiger charge is -2.04. The number of halogens is 2. The van der Waals surface area contributed by atoms with Crippen molar-refractivity contribution in [2.24, 2.45) is 0 Å². The Morgan fingerprint density at radius 1 is 1.41 bits per heavy atom. The summed E-state index contributed by atoms with van der Waals surface area (Å²) in [5.41, 5.74) is 0.831. The van der Waals surface area contributed by atoms with Crippen LogP contribution >= 0.6 is 11.6 Å². The molecule has 0 fully saturated rings. The van der Waals surface area contributed by atoms with E-state index in [1.807, 2.05) is 23.9 Å². The van der Waals surface area contributed by atoms with Gasteiger partial charge in [-0.25, -0.2) is 4.39 Å². The summed E-state index contributed by atoms with van der Waals surface area (Å²) in [6.45, 7) is 3.37. The molecule has 5 heteroatoms. The van der Waals surface area contributed by atoms with Crippen LogP contribution in [0.25, 0.3) is 0 Å². The largest absolute Gasteiger partial charge is 0.365 e. The Morgan fingerprint density at radius 3 is 2.88 bits per heavy atom. The third-order valence-electron chi connectivity index (χ3n) is 2.42. The van der Waals surface area contributed by atoms with Crippen LogP contribution in [0.15, 0.2) is 30.5 Å². The third kappa shape index (κ3) is 2.97. The van der Waals surface area contributed by atoms with E-state index < -0.39 is 5.82 Å². The summed E-state index contributed by atoms with van der Waals surface area (Å²) in [4.78, 5) is 0. The van der Waals surface area contributed by atoms with Crippen molar-refractivity contribution in [3.63, 3.8) is 0 Å². The second-order valence-electron chi connectivity index (χ2n) is 3.66. The van der Waals surface area contributed by atoms with Crippen molar-refractivity contribution in [1.29, 1.82) is 0 Å². The number of nitrogens with one attached hydrogen (secondary N) is 1. The molecular formula is C12H13ClFN3. The van der Waals surface area contributed by atoms with E-state index in [1.54, 1.807) is 12.1 Å². The van der Waals surface area contributed by atoms with Gasteiger partial charge in [-0.15, -0.1) is 0 Å². The van der Waals surface area contributed by atoms with Crippen molar-refractivity contribution in [3.05, 3.63) is 46.9 Å². The summed E-state index contributed by atoms with van der Waals surface area (Å²) in [7, 11) is 0. The highest BCUT2D eigenvalue weighted by Crippen LogP contribution is 2.16. The summed E-state index contributed by atoms with van der Waals surface area (Å²) in [6, 6.07) is 6.65. The molecule has 2 rings (SSSR count). The molecule has 2 aromatic rings. The van der Waals surface area contributed by atoms with Gasteiger partial charge in [-0.2, -0.15) is 5.10 Å². The highest BCUT2D eigenvalue weighted by Gasteiger charge is 2.02. The van der Waals surface area contributed by atoms with Gasteiger partial charge >= 0.3 is 0 Å². The van der Waals surface area contributed by atoms with Crippen LogP contribution in [0.3, 0.4) is 0 Å². The number of rotatable bonds is 4. The quantitative estimate of drug-likeness (QED) is 0.906. The van der Waals surface area contributed by atoms with Crippen LogP contribution in [0.1, 0.15) is 12.5 Å². The molecule has 0 aliphatic carbocycles. The number of anilines is 1. The lowest BCUT2D eigenvalue weighted by Crippen LogP contribution is -2.02. The van der Waals surface area contributed by atoms with Crippen molar-refractivity contribution in [1.82, 2.24) is 9.78 Å². The number of hydrogen-bond donors (Lipinski definition) is 1. The van der Waals surface area contributed by atoms with Gasteiger partial charge in [0.2, 0.25) is 0 Å². The zero-order valence-corrected chi connectivity index (χ0v) is 10.2. The van der Waals surface area contributed by atoms with Gasteiger partial charge in [-0.3, -0.25) is 4.68 Å².